The molecule has 0 bridgehead atoms. The third kappa shape index (κ3) is 4.05. The number of aromatic nitrogens is 5. The molecular formula is C17H18N6O4S. The number of aromatic amines is 1. The minimum Gasteiger partial charge on any atom is -0.384 e. The topological polar surface area (TPSA) is 138 Å². The first-order valence-electron chi connectivity index (χ1n) is 8.26. The minimum atomic E-state index is -0.814. The standard InChI is InChI=1S/C17H18N6O4S/c1-27-8-7-22-14(18)13(15(25)20-16(22)26)12(24)9-28-17-21-19-10-23(17)11-5-3-2-4-6-11/h2-6,10H,7-9,18H2,1H3,(H,20,25,26). The molecule has 28 heavy (non-hydrogen) atoms. The average Bonchev–Trinajstić information content (AvgIpc) is 3.15. The Kier molecular flexibility index (Phi) is 6.06. The number of nitrogen functional groups attached to an aromatic ring is 1. The van der Waals surface area contributed by atoms with Gasteiger partial charge in [-0.2, -0.15) is 0 Å². The average molecular weight is 402 g/mol. The molecule has 0 unspecified atom stereocenters. The molecule has 0 radical (unpaired) electrons. The fraction of sp³-hybridized carbons (Fsp3) is 0.235. The summed E-state index contributed by atoms with van der Waals surface area (Å²) in [6.07, 6.45) is 1.54. The second kappa shape index (κ2) is 8.67. The number of hydrogen-bond acceptors (Lipinski definition) is 8. The monoisotopic (exact) mass is 402 g/mol. The van der Waals surface area contributed by atoms with Crippen LogP contribution >= 0.6 is 11.8 Å². The van der Waals surface area contributed by atoms with Crippen molar-refractivity contribution in [3.8, 4) is 5.69 Å². The van der Waals surface area contributed by atoms with Crippen molar-refractivity contribution in [3.63, 3.8) is 0 Å². The molecular weight excluding hydrogens is 384 g/mol. The third-order valence-electron chi connectivity index (χ3n) is 3.92. The van der Waals surface area contributed by atoms with Crippen molar-refractivity contribution in [2.75, 3.05) is 25.2 Å². The van der Waals surface area contributed by atoms with E-state index in [1.807, 2.05) is 30.3 Å². The van der Waals surface area contributed by atoms with Crippen molar-refractivity contribution in [2.45, 2.75) is 11.7 Å². The van der Waals surface area contributed by atoms with Crippen LogP contribution in [0.1, 0.15) is 10.4 Å². The number of nitrogens with zero attached hydrogens (tertiary/aromatic N) is 4. The molecule has 3 N–H and O–H groups in total. The number of ether oxygens (including phenoxy) is 1. The molecule has 0 saturated heterocycles. The molecule has 11 heteroatoms. The zero-order valence-electron chi connectivity index (χ0n) is 15.0. The molecule has 0 saturated carbocycles. The van der Waals surface area contributed by atoms with Crippen LogP contribution < -0.4 is 17.0 Å². The van der Waals surface area contributed by atoms with Gasteiger partial charge in [0.15, 0.2) is 10.9 Å². The van der Waals surface area contributed by atoms with Gasteiger partial charge in [0.1, 0.15) is 17.7 Å². The van der Waals surface area contributed by atoms with Gasteiger partial charge in [0, 0.05) is 12.8 Å². The third-order valence-corrected chi connectivity index (χ3v) is 4.86. The quantitative estimate of drug-likeness (QED) is 0.406. The highest BCUT2D eigenvalue weighted by Gasteiger charge is 2.20. The van der Waals surface area contributed by atoms with E-state index < -0.39 is 17.0 Å². The van der Waals surface area contributed by atoms with Gasteiger partial charge in [-0.1, -0.05) is 30.0 Å². The number of hydrogen-bond donors (Lipinski definition) is 2. The van der Waals surface area contributed by atoms with Gasteiger partial charge < -0.3 is 10.5 Å². The van der Waals surface area contributed by atoms with E-state index in [2.05, 4.69) is 15.2 Å². The van der Waals surface area contributed by atoms with Crippen molar-refractivity contribution in [3.05, 3.63) is 63.1 Å². The van der Waals surface area contributed by atoms with E-state index in [1.165, 1.54) is 13.4 Å². The van der Waals surface area contributed by atoms with Gasteiger partial charge >= 0.3 is 5.69 Å². The Morgan fingerprint density at radius 1 is 1.29 bits per heavy atom. The Labute approximate surface area is 163 Å². The molecule has 0 fully saturated rings. The normalized spacial score (nSPS) is 10.9. The molecule has 10 nitrogen and oxygen atoms in total. The number of benzene rings is 1. The van der Waals surface area contributed by atoms with Crippen LogP contribution in [0.2, 0.25) is 0 Å². The van der Waals surface area contributed by atoms with E-state index in [-0.39, 0.29) is 30.3 Å². The lowest BCUT2D eigenvalue weighted by molar-refractivity contribution is 0.102. The Morgan fingerprint density at radius 2 is 2.04 bits per heavy atom. The molecule has 1 aromatic carbocycles. The second-order valence-corrected chi connectivity index (χ2v) is 6.64. The van der Waals surface area contributed by atoms with Crippen LogP contribution in [0.25, 0.3) is 5.69 Å². The first kappa shape index (κ1) is 19.6. The van der Waals surface area contributed by atoms with Gasteiger partial charge in [-0.25, -0.2) is 4.79 Å². The van der Waals surface area contributed by atoms with Crippen molar-refractivity contribution >= 4 is 23.4 Å². The number of H-pyrrole nitrogens is 1. The van der Waals surface area contributed by atoms with Crippen molar-refractivity contribution in [2.24, 2.45) is 0 Å². The summed E-state index contributed by atoms with van der Waals surface area (Å²) in [6, 6.07) is 9.39. The summed E-state index contributed by atoms with van der Waals surface area (Å²) in [7, 11) is 1.47. The maximum absolute atomic E-state index is 12.6. The molecule has 3 rings (SSSR count). The number of carbonyl (C=O) groups excluding carboxylic acids is 1. The van der Waals surface area contributed by atoms with Gasteiger partial charge in [-0.3, -0.25) is 23.7 Å². The zero-order valence-corrected chi connectivity index (χ0v) is 15.8. The number of carbonyl (C=O) groups is 1. The van der Waals surface area contributed by atoms with Crippen molar-refractivity contribution < 1.29 is 9.53 Å². The van der Waals surface area contributed by atoms with E-state index in [0.717, 1.165) is 22.0 Å². The van der Waals surface area contributed by atoms with E-state index in [4.69, 9.17) is 10.5 Å². The SMILES string of the molecule is COCCn1c(N)c(C(=O)CSc2nncn2-c2ccccc2)c(=O)[nH]c1=O. The highest BCUT2D eigenvalue weighted by Crippen LogP contribution is 2.20. The maximum Gasteiger partial charge on any atom is 0.330 e. The summed E-state index contributed by atoms with van der Waals surface area (Å²) in [6.45, 7) is 0.326. The predicted molar refractivity (Wildman–Crippen MR) is 104 cm³/mol. The van der Waals surface area contributed by atoms with Crippen LogP contribution in [0.15, 0.2) is 51.4 Å². The van der Waals surface area contributed by atoms with Gasteiger partial charge in [0.2, 0.25) is 0 Å². The number of rotatable bonds is 8. The Hall–Kier alpha value is -3.18. The van der Waals surface area contributed by atoms with Gasteiger partial charge in [0.05, 0.1) is 18.9 Å². The molecule has 0 atom stereocenters. The Morgan fingerprint density at radius 3 is 2.75 bits per heavy atom. The number of nitrogens with two attached hydrogens (primary N) is 1. The lowest BCUT2D eigenvalue weighted by Gasteiger charge is -2.11. The fourth-order valence-corrected chi connectivity index (χ4v) is 3.35. The molecule has 0 amide bonds. The highest BCUT2D eigenvalue weighted by molar-refractivity contribution is 7.99. The Balaban J connectivity index is 1.83. The summed E-state index contributed by atoms with van der Waals surface area (Å²) in [5.41, 5.74) is 5.00. The Bertz CT molecular complexity index is 1090. The van der Waals surface area contributed by atoms with Crippen LogP contribution in [-0.2, 0) is 11.3 Å². The molecule has 0 spiro atoms. The van der Waals surface area contributed by atoms with E-state index in [9.17, 15) is 14.4 Å². The molecule has 0 aliphatic rings. The van der Waals surface area contributed by atoms with Crippen LogP contribution in [0.4, 0.5) is 5.82 Å². The van der Waals surface area contributed by atoms with E-state index in [0.29, 0.717) is 5.16 Å². The number of nitrogens with one attached hydrogen (secondary N) is 1. The molecule has 0 aliphatic heterocycles. The number of anilines is 1. The van der Waals surface area contributed by atoms with Crippen LogP contribution in [0.3, 0.4) is 0 Å². The van der Waals surface area contributed by atoms with Gasteiger partial charge in [-0.15, -0.1) is 10.2 Å². The number of methoxy groups -OCH3 is 1. The smallest absolute Gasteiger partial charge is 0.330 e. The molecule has 146 valence electrons. The van der Waals surface area contributed by atoms with E-state index >= 15 is 0 Å². The first-order chi connectivity index (χ1) is 13.5. The lowest BCUT2D eigenvalue weighted by atomic mass is 10.2. The maximum atomic E-state index is 12.6. The van der Waals surface area contributed by atoms with E-state index in [1.54, 1.807) is 4.57 Å². The molecule has 3 aromatic rings. The number of ketones is 1. The van der Waals surface area contributed by atoms with Crippen LogP contribution in [0.5, 0.6) is 0 Å². The first-order valence-corrected chi connectivity index (χ1v) is 9.24. The van der Waals surface area contributed by atoms with Crippen LogP contribution in [-0.4, -0.2) is 49.6 Å². The largest absolute Gasteiger partial charge is 0.384 e. The summed E-state index contributed by atoms with van der Waals surface area (Å²) in [5, 5.41) is 8.37. The molecule has 2 aromatic heterocycles. The van der Waals surface area contributed by atoms with Gasteiger partial charge in [0.25, 0.3) is 5.56 Å². The number of thioether (sulfide) groups is 1. The highest BCUT2D eigenvalue weighted by atomic mass is 32.2. The predicted octanol–water partition coefficient (Wildman–Crippen LogP) is 0.321. The summed E-state index contributed by atoms with van der Waals surface area (Å²) in [5.74, 6) is -0.792. The lowest BCUT2D eigenvalue weighted by Crippen LogP contribution is -2.37. The summed E-state index contributed by atoms with van der Waals surface area (Å²) in [4.78, 5) is 38.8. The summed E-state index contributed by atoms with van der Waals surface area (Å²) < 4.78 is 7.76. The van der Waals surface area contributed by atoms with Crippen LogP contribution in [0, 0.1) is 0 Å². The summed E-state index contributed by atoms with van der Waals surface area (Å²) >= 11 is 1.12. The van der Waals surface area contributed by atoms with Crippen molar-refractivity contribution in [1.82, 2.24) is 24.3 Å². The molecule has 2 heterocycles. The zero-order chi connectivity index (χ0) is 20.1. The fourth-order valence-electron chi connectivity index (χ4n) is 2.55. The number of Topliss-reactive ketones (excluding diaryl/α,β-unsaturated/α-hetero) is 1. The van der Waals surface area contributed by atoms with Crippen molar-refractivity contribution in [1.29, 1.82) is 0 Å². The number of para-hydroxylation sites is 1. The van der Waals surface area contributed by atoms with Gasteiger partial charge in [-0.05, 0) is 12.1 Å². The minimum absolute atomic E-state index is 0.0959. The second-order valence-electron chi connectivity index (χ2n) is 5.69. The molecule has 0 aliphatic carbocycles.